The summed E-state index contributed by atoms with van der Waals surface area (Å²) in [5.74, 6) is 4.75. The van der Waals surface area contributed by atoms with Gasteiger partial charge in [-0.2, -0.15) is 0 Å². The van der Waals surface area contributed by atoms with Crippen LogP contribution < -0.4 is 25.4 Å². The van der Waals surface area contributed by atoms with Gasteiger partial charge in [0.05, 0.1) is 26.8 Å². The largest absolute Gasteiger partial charge is 0.493 e. The minimum atomic E-state index is -0.522. The molecule has 8 nitrogen and oxygen atoms in total. The molecule has 0 saturated carbocycles. The number of rotatable bonds is 9. The Labute approximate surface area is 187 Å². The van der Waals surface area contributed by atoms with Gasteiger partial charge >= 0.3 is 0 Å². The van der Waals surface area contributed by atoms with E-state index in [-0.39, 0.29) is 30.9 Å². The summed E-state index contributed by atoms with van der Waals surface area (Å²) in [6, 6.07) is 12.2. The van der Waals surface area contributed by atoms with Crippen molar-refractivity contribution in [1.29, 1.82) is 0 Å². The van der Waals surface area contributed by atoms with Crippen molar-refractivity contribution in [1.82, 2.24) is 16.0 Å². The van der Waals surface area contributed by atoms with Gasteiger partial charge in [-0.25, -0.2) is 0 Å². The number of benzene rings is 2. The van der Waals surface area contributed by atoms with Crippen molar-refractivity contribution in [3.8, 4) is 23.3 Å². The Morgan fingerprint density at radius 1 is 1.00 bits per heavy atom. The molecule has 0 aliphatic heterocycles. The summed E-state index contributed by atoms with van der Waals surface area (Å²) in [4.78, 5) is 36.2. The molecule has 2 aromatic rings. The quantitative estimate of drug-likeness (QED) is 0.520. The van der Waals surface area contributed by atoms with Crippen molar-refractivity contribution in [2.24, 2.45) is 0 Å². The molecule has 32 heavy (non-hydrogen) atoms. The molecular weight excluding hydrogens is 410 g/mol. The maximum atomic E-state index is 12.9. The second-order valence-corrected chi connectivity index (χ2v) is 6.80. The van der Waals surface area contributed by atoms with Gasteiger partial charge in [-0.1, -0.05) is 30.2 Å². The Balaban J connectivity index is 2.03. The highest BCUT2D eigenvalue weighted by atomic mass is 16.5. The van der Waals surface area contributed by atoms with E-state index in [1.807, 2.05) is 19.1 Å². The number of ether oxygens (including phenoxy) is 2. The van der Waals surface area contributed by atoms with E-state index in [2.05, 4.69) is 27.8 Å². The molecule has 168 valence electrons. The Morgan fingerprint density at radius 2 is 1.72 bits per heavy atom. The van der Waals surface area contributed by atoms with E-state index in [0.717, 1.165) is 5.56 Å². The molecule has 0 spiro atoms. The molecule has 3 amide bonds. The predicted octanol–water partition coefficient (Wildman–Crippen LogP) is 1.95. The van der Waals surface area contributed by atoms with Crippen LogP contribution in [0.3, 0.4) is 0 Å². The molecule has 0 aliphatic rings. The summed E-state index contributed by atoms with van der Waals surface area (Å²) >= 11 is 0. The maximum absolute atomic E-state index is 12.9. The van der Waals surface area contributed by atoms with Gasteiger partial charge in [0.15, 0.2) is 11.5 Å². The summed E-state index contributed by atoms with van der Waals surface area (Å²) in [6.45, 7) is 3.35. The average molecular weight is 437 g/mol. The third-order valence-electron chi connectivity index (χ3n) is 4.64. The first-order valence-corrected chi connectivity index (χ1v) is 9.97. The van der Waals surface area contributed by atoms with Crippen molar-refractivity contribution in [3.05, 3.63) is 59.2 Å². The van der Waals surface area contributed by atoms with Crippen LogP contribution in [0.2, 0.25) is 0 Å². The van der Waals surface area contributed by atoms with Gasteiger partial charge in [0, 0.05) is 12.1 Å². The first-order valence-electron chi connectivity index (χ1n) is 9.97. The highest BCUT2D eigenvalue weighted by molar-refractivity contribution is 5.97. The smallest absolute Gasteiger partial charge is 0.296 e. The Morgan fingerprint density at radius 3 is 2.41 bits per heavy atom. The predicted molar refractivity (Wildman–Crippen MR) is 120 cm³/mol. The highest BCUT2D eigenvalue weighted by Crippen LogP contribution is 2.30. The average Bonchev–Trinajstić information content (AvgIpc) is 2.81. The standard InChI is InChI=1S/C24H27N3O5/c1-5-8-22(28)26-15-23(29)25-14-18-9-6-7-10-19(18)24(30)27-16(2)17-11-12-20(31-3)21(13-17)32-4/h6-7,9-13,16H,14-15H2,1-4H3,(H,25,29)(H,26,28)(H,27,30)/t16-/m1/s1. The molecule has 1 atom stereocenters. The normalized spacial score (nSPS) is 10.8. The lowest BCUT2D eigenvalue weighted by Gasteiger charge is -2.18. The van der Waals surface area contributed by atoms with Gasteiger partial charge in [-0.3, -0.25) is 14.4 Å². The van der Waals surface area contributed by atoms with Crippen LogP contribution in [0.25, 0.3) is 0 Å². The van der Waals surface area contributed by atoms with Crippen LogP contribution in [0.15, 0.2) is 42.5 Å². The van der Waals surface area contributed by atoms with Gasteiger partial charge in [0.2, 0.25) is 5.91 Å². The number of methoxy groups -OCH3 is 2. The van der Waals surface area contributed by atoms with Crippen LogP contribution in [-0.2, 0) is 16.1 Å². The SMILES string of the molecule is CC#CC(=O)NCC(=O)NCc1ccccc1C(=O)N[C@H](C)c1ccc(OC)c(OC)c1. The first kappa shape index (κ1) is 24.3. The molecular formula is C24H27N3O5. The van der Waals surface area contributed by atoms with Crippen LogP contribution in [0.5, 0.6) is 11.5 Å². The third kappa shape index (κ3) is 6.77. The Bertz CT molecular complexity index is 1040. The van der Waals surface area contributed by atoms with Gasteiger partial charge in [-0.15, -0.1) is 0 Å². The highest BCUT2D eigenvalue weighted by Gasteiger charge is 2.16. The Hall–Kier alpha value is -3.99. The number of carbonyl (C=O) groups is 3. The van der Waals surface area contributed by atoms with Crippen molar-refractivity contribution < 1.29 is 23.9 Å². The number of carbonyl (C=O) groups excluding carboxylic acids is 3. The fourth-order valence-corrected chi connectivity index (χ4v) is 2.95. The van der Waals surface area contributed by atoms with E-state index in [1.165, 1.54) is 6.92 Å². The summed E-state index contributed by atoms with van der Waals surface area (Å²) in [5.41, 5.74) is 1.95. The molecule has 0 unspecified atom stereocenters. The summed E-state index contributed by atoms with van der Waals surface area (Å²) in [6.07, 6.45) is 0. The zero-order valence-corrected chi connectivity index (χ0v) is 18.6. The fraction of sp³-hybridized carbons (Fsp3) is 0.292. The molecule has 2 aromatic carbocycles. The zero-order valence-electron chi connectivity index (χ0n) is 18.6. The van der Waals surface area contributed by atoms with Crippen LogP contribution in [-0.4, -0.2) is 38.5 Å². The van der Waals surface area contributed by atoms with Crippen LogP contribution in [0.4, 0.5) is 0 Å². The van der Waals surface area contributed by atoms with Gasteiger partial charge in [0.1, 0.15) is 0 Å². The molecule has 0 saturated heterocycles. The topological polar surface area (TPSA) is 106 Å². The van der Waals surface area contributed by atoms with E-state index >= 15 is 0 Å². The summed E-state index contributed by atoms with van der Waals surface area (Å²) in [7, 11) is 3.11. The lowest BCUT2D eigenvalue weighted by Crippen LogP contribution is -2.36. The van der Waals surface area contributed by atoms with Crippen molar-refractivity contribution >= 4 is 17.7 Å². The Kier molecular flexibility index (Phi) is 9.11. The molecule has 0 fully saturated rings. The van der Waals surface area contributed by atoms with E-state index in [4.69, 9.17) is 9.47 Å². The van der Waals surface area contributed by atoms with Crippen molar-refractivity contribution in [2.75, 3.05) is 20.8 Å². The molecule has 8 heteroatoms. The van der Waals surface area contributed by atoms with Crippen molar-refractivity contribution in [3.63, 3.8) is 0 Å². The summed E-state index contributed by atoms with van der Waals surface area (Å²) < 4.78 is 10.6. The third-order valence-corrected chi connectivity index (χ3v) is 4.64. The lowest BCUT2D eigenvalue weighted by atomic mass is 10.0. The van der Waals surface area contributed by atoms with Gasteiger partial charge in [0.25, 0.3) is 11.8 Å². The molecule has 0 aliphatic carbocycles. The van der Waals surface area contributed by atoms with E-state index in [0.29, 0.717) is 22.6 Å². The van der Waals surface area contributed by atoms with Crippen molar-refractivity contribution in [2.45, 2.75) is 26.4 Å². The van der Waals surface area contributed by atoms with Gasteiger partial charge in [-0.05, 0) is 49.1 Å². The summed E-state index contributed by atoms with van der Waals surface area (Å²) in [5, 5.41) is 8.05. The van der Waals surface area contributed by atoms with Crippen LogP contribution in [0, 0.1) is 11.8 Å². The molecule has 0 aromatic heterocycles. The lowest BCUT2D eigenvalue weighted by molar-refractivity contribution is -0.123. The monoisotopic (exact) mass is 437 g/mol. The van der Waals surface area contributed by atoms with Gasteiger partial charge < -0.3 is 25.4 Å². The molecule has 3 N–H and O–H groups in total. The molecule has 0 radical (unpaired) electrons. The van der Waals surface area contributed by atoms with E-state index in [9.17, 15) is 14.4 Å². The fourth-order valence-electron chi connectivity index (χ4n) is 2.95. The number of amides is 3. The number of nitrogens with one attached hydrogen (secondary N) is 3. The second-order valence-electron chi connectivity index (χ2n) is 6.80. The van der Waals surface area contributed by atoms with Crippen LogP contribution >= 0.6 is 0 Å². The minimum Gasteiger partial charge on any atom is -0.493 e. The molecule has 0 bridgehead atoms. The molecule has 0 heterocycles. The van der Waals surface area contributed by atoms with E-state index < -0.39 is 5.91 Å². The second kappa shape index (κ2) is 12.0. The van der Waals surface area contributed by atoms with E-state index in [1.54, 1.807) is 44.6 Å². The minimum absolute atomic E-state index is 0.141. The van der Waals surface area contributed by atoms with Crippen LogP contribution in [0.1, 0.15) is 41.4 Å². The number of hydrogen-bond acceptors (Lipinski definition) is 5. The maximum Gasteiger partial charge on any atom is 0.296 e. The first-order chi connectivity index (χ1) is 15.4. The number of hydrogen-bond donors (Lipinski definition) is 3. The molecule has 2 rings (SSSR count). The zero-order chi connectivity index (χ0) is 23.5.